The van der Waals surface area contributed by atoms with Crippen LogP contribution in [-0.4, -0.2) is 6.04 Å². The van der Waals surface area contributed by atoms with Gasteiger partial charge in [0.25, 0.3) is 0 Å². The van der Waals surface area contributed by atoms with E-state index in [9.17, 15) is 3.89 Å². The van der Waals surface area contributed by atoms with E-state index in [1.165, 1.54) is 5.56 Å². The number of aryl methyl sites for hydroxylation is 1. The molecular formula is C10H14FNS. The third-order valence-electron chi connectivity index (χ3n) is 1.95. The fourth-order valence-corrected chi connectivity index (χ4v) is 1.43. The second-order valence-corrected chi connectivity index (χ2v) is 3.51. The Balaban J connectivity index is 2.27. The van der Waals surface area contributed by atoms with Gasteiger partial charge >= 0.3 is 0 Å². The van der Waals surface area contributed by atoms with Gasteiger partial charge < -0.3 is 0 Å². The third kappa shape index (κ3) is 4.29. The molecule has 1 rings (SSSR count). The number of hydrogen-bond acceptors (Lipinski definition) is 2. The zero-order valence-electron chi connectivity index (χ0n) is 7.66. The van der Waals surface area contributed by atoms with Gasteiger partial charge in [-0.1, -0.05) is 30.3 Å². The van der Waals surface area contributed by atoms with Crippen molar-refractivity contribution in [1.82, 2.24) is 4.72 Å². The molecule has 1 aromatic rings. The van der Waals surface area contributed by atoms with Crippen molar-refractivity contribution >= 4 is 12.3 Å². The minimum absolute atomic E-state index is 0.195. The van der Waals surface area contributed by atoms with Crippen LogP contribution in [0, 0.1) is 0 Å². The Hall–Kier alpha value is -0.540. The molecule has 0 aliphatic heterocycles. The number of benzene rings is 1. The second kappa shape index (κ2) is 6.00. The first kappa shape index (κ1) is 10.5. The molecule has 0 saturated carbocycles. The minimum atomic E-state index is 0.195. The molecule has 0 radical (unpaired) electrons. The predicted octanol–water partition coefficient (Wildman–Crippen LogP) is 3.13. The van der Waals surface area contributed by atoms with Gasteiger partial charge in [0, 0.05) is 6.04 Å². The summed E-state index contributed by atoms with van der Waals surface area (Å²) in [5.74, 6) is 0. The van der Waals surface area contributed by atoms with Gasteiger partial charge in [-0.05, 0) is 25.3 Å². The van der Waals surface area contributed by atoms with Crippen LogP contribution in [-0.2, 0) is 6.42 Å². The highest BCUT2D eigenvalue weighted by atomic mass is 32.2. The number of halogens is 1. The average Bonchev–Trinajstić information content (AvgIpc) is 2.17. The van der Waals surface area contributed by atoms with Crippen molar-refractivity contribution in [1.29, 1.82) is 0 Å². The van der Waals surface area contributed by atoms with E-state index >= 15 is 0 Å². The Morgan fingerprint density at radius 1 is 1.38 bits per heavy atom. The summed E-state index contributed by atoms with van der Waals surface area (Å²) in [6, 6.07) is 10.5. The molecule has 0 aliphatic rings. The van der Waals surface area contributed by atoms with Crippen LogP contribution in [0.2, 0.25) is 0 Å². The van der Waals surface area contributed by atoms with Crippen LogP contribution in [0.1, 0.15) is 18.9 Å². The quantitative estimate of drug-likeness (QED) is 0.731. The zero-order chi connectivity index (χ0) is 9.52. The first-order chi connectivity index (χ1) is 6.33. The van der Waals surface area contributed by atoms with Gasteiger partial charge in [-0.2, -0.15) is 0 Å². The summed E-state index contributed by atoms with van der Waals surface area (Å²) in [5.41, 5.74) is 1.31. The van der Waals surface area contributed by atoms with Gasteiger partial charge in [0.2, 0.25) is 0 Å². The summed E-state index contributed by atoms with van der Waals surface area (Å²) < 4.78 is 14.4. The topological polar surface area (TPSA) is 12.0 Å². The lowest BCUT2D eigenvalue weighted by Gasteiger charge is -2.08. The maximum absolute atomic E-state index is 11.8. The molecule has 1 unspecified atom stereocenters. The number of nitrogens with one attached hydrogen (secondary N) is 1. The van der Waals surface area contributed by atoms with Gasteiger partial charge in [-0.25, -0.2) is 4.72 Å². The maximum Gasteiger partial charge on any atom is 0.131 e. The molecule has 0 amide bonds. The van der Waals surface area contributed by atoms with Crippen molar-refractivity contribution in [2.24, 2.45) is 0 Å². The molecule has 0 heterocycles. The van der Waals surface area contributed by atoms with Crippen LogP contribution in [0.4, 0.5) is 3.89 Å². The maximum atomic E-state index is 11.8. The van der Waals surface area contributed by atoms with Crippen molar-refractivity contribution in [2.45, 2.75) is 25.8 Å². The van der Waals surface area contributed by atoms with E-state index in [2.05, 4.69) is 16.9 Å². The number of hydrogen-bond donors (Lipinski definition) is 1. The summed E-state index contributed by atoms with van der Waals surface area (Å²) in [6.07, 6.45) is 1.95. The van der Waals surface area contributed by atoms with Crippen LogP contribution in [0.5, 0.6) is 0 Å². The van der Waals surface area contributed by atoms with E-state index in [1.54, 1.807) is 0 Å². The molecule has 0 aromatic heterocycles. The third-order valence-corrected chi connectivity index (χ3v) is 2.45. The van der Waals surface area contributed by atoms with Crippen LogP contribution >= 0.6 is 12.3 Å². The summed E-state index contributed by atoms with van der Waals surface area (Å²) in [7, 11) is 0. The lowest BCUT2D eigenvalue weighted by Crippen LogP contribution is -2.18. The molecule has 0 fully saturated rings. The summed E-state index contributed by atoms with van der Waals surface area (Å²) >= 11 is 0.195. The molecule has 1 N–H and O–H groups in total. The van der Waals surface area contributed by atoms with E-state index in [0.717, 1.165) is 12.8 Å². The summed E-state index contributed by atoms with van der Waals surface area (Å²) in [6.45, 7) is 1.98. The Labute approximate surface area is 83.2 Å². The normalized spacial score (nSPS) is 12.8. The van der Waals surface area contributed by atoms with E-state index in [-0.39, 0.29) is 18.4 Å². The summed E-state index contributed by atoms with van der Waals surface area (Å²) in [4.78, 5) is 0. The zero-order valence-corrected chi connectivity index (χ0v) is 8.48. The predicted molar refractivity (Wildman–Crippen MR) is 56.1 cm³/mol. The molecule has 72 valence electrons. The highest BCUT2D eigenvalue weighted by Crippen LogP contribution is 2.06. The second-order valence-electron chi connectivity index (χ2n) is 3.12. The van der Waals surface area contributed by atoms with Gasteiger partial charge in [-0.3, -0.25) is 0 Å². The van der Waals surface area contributed by atoms with Crippen LogP contribution in [0.3, 0.4) is 0 Å². The van der Waals surface area contributed by atoms with E-state index in [1.807, 2.05) is 25.1 Å². The molecule has 1 aromatic carbocycles. The monoisotopic (exact) mass is 199 g/mol. The Morgan fingerprint density at radius 2 is 2.08 bits per heavy atom. The van der Waals surface area contributed by atoms with E-state index in [4.69, 9.17) is 0 Å². The molecule has 1 nitrogen and oxygen atoms in total. The Bertz CT molecular complexity index is 228. The highest BCUT2D eigenvalue weighted by Gasteiger charge is 2.01. The first-order valence-corrected chi connectivity index (χ1v) is 5.11. The molecule has 1 atom stereocenters. The molecular weight excluding hydrogens is 185 g/mol. The smallest absolute Gasteiger partial charge is 0.131 e. The fraction of sp³-hybridized carbons (Fsp3) is 0.400. The van der Waals surface area contributed by atoms with Crippen molar-refractivity contribution in [3.63, 3.8) is 0 Å². The lowest BCUT2D eigenvalue weighted by atomic mass is 10.1. The van der Waals surface area contributed by atoms with Gasteiger partial charge in [0.1, 0.15) is 12.3 Å². The van der Waals surface area contributed by atoms with Gasteiger partial charge in [0.05, 0.1) is 0 Å². The van der Waals surface area contributed by atoms with Crippen LogP contribution in [0.15, 0.2) is 30.3 Å². The van der Waals surface area contributed by atoms with E-state index < -0.39 is 0 Å². The Kier molecular flexibility index (Phi) is 4.86. The Morgan fingerprint density at radius 3 is 2.69 bits per heavy atom. The van der Waals surface area contributed by atoms with Crippen LogP contribution in [0.25, 0.3) is 0 Å². The van der Waals surface area contributed by atoms with Gasteiger partial charge in [0.15, 0.2) is 0 Å². The van der Waals surface area contributed by atoms with Gasteiger partial charge in [-0.15, -0.1) is 3.89 Å². The molecule has 0 bridgehead atoms. The molecule has 3 heteroatoms. The fourth-order valence-electron chi connectivity index (χ4n) is 1.16. The molecule has 13 heavy (non-hydrogen) atoms. The first-order valence-electron chi connectivity index (χ1n) is 4.40. The largest absolute Gasteiger partial charge is 0.233 e. The standard InChI is InChI=1S/C10H14FNS/c1-9(12-13-11)7-8-10-5-3-2-4-6-10/h2-6,9,12H,7-8H2,1H3. The SMILES string of the molecule is CC(CCc1ccccc1)NSF. The van der Waals surface area contributed by atoms with Crippen molar-refractivity contribution in [3.05, 3.63) is 35.9 Å². The average molecular weight is 199 g/mol. The summed E-state index contributed by atoms with van der Waals surface area (Å²) in [5, 5.41) is 0. The molecule has 0 aliphatic carbocycles. The highest BCUT2D eigenvalue weighted by molar-refractivity contribution is 7.92. The molecule has 0 saturated heterocycles. The number of rotatable bonds is 5. The van der Waals surface area contributed by atoms with Crippen molar-refractivity contribution in [2.75, 3.05) is 0 Å². The van der Waals surface area contributed by atoms with Crippen molar-refractivity contribution < 1.29 is 3.89 Å². The minimum Gasteiger partial charge on any atom is -0.233 e. The lowest BCUT2D eigenvalue weighted by molar-refractivity contribution is 0.620. The van der Waals surface area contributed by atoms with Crippen molar-refractivity contribution in [3.8, 4) is 0 Å². The van der Waals surface area contributed by atoms with E-state index in [0.29, 0.717) is 0 Å². The molecule has 0 spiro atoms. The van der Waals surface area contributed by atoms with Crippen LogP contribution < -0.4 is 4.72 Å².